The van der Waals surface area contributed by atoms with Crippen LogP contribution in [0.25, 0.3) is 0 Å². The lowest BCUT2D eigenvalue weighted by Crippen LogP contribution is -2.35. The van der Waals surface area contributed by atoms with Crippen LogP contribution in [-0.2, 0) is 16.4 Å². The maximum absolute atomic E-state index is 13.2. The zero-order chi connectivity index (χ0) is 20.6. The first kappa shape index (κ1) is 19.2. The molecule has 0 fully saturated rings. The Kier molecular flexibility index (Phi) is 4.88. The number of para-hydroxylation sites is 1. The summed E-state index contributed by atoms with van der Waals surface area (Å²) in [5.41, 5.74) is 2.85. The molecule has 1 aliphatic rings. The van der Waals surface area contributed by atoms with Crippen LogP contribution in [0.15, 0.2) is 83.8 Å². The Morgan fingerprint density at radius 1 is 0.966 bits per heavy atom. The average Bonchev–Trinajstić information content (AvgIpc) is 3.09. The molecule has 5 nitrogen and oxygen atoms in total. The number of benzene rings is 3. The average molecular weight is 407 g/mol. The van der Waals surface area contributed by atoms with Gasteiger partial charge in [-0.2, -0.15) is 0 Å². The van der Waals surface area contributed by atoms with Crippen LogP contribution in [0.1, 0.15) is 22.8 Å². The molecule has 1 heterocycles. The Balaban J connectivity index is 1.67. The Hall–Kier alpha value is -3.12. The van der Waals surface area contributed by atoms with Crippen molar-refractivity contribution in [2.45, 2.75) is 24.3 Å². The lowest BCUT2D eigenvalue weighted by Gasteiger charge is -2.24. The van der Waals surface area contributed by atoms with E-state index in [-0.39, 0.29) is 16.8 Å². The highest BCUT2D eigenvalue weighted by atomic mass is 32.2. The van der Waals surface area contributed by atoms with Crippen molar-refractivity contribution in [1.82, 2.24) is 0 Å². The molecule has 6 heteroatoms. The fourth-order valence-electron chi connectivity index (χ4n) is 3.77. The molecule has 0 saturated heterocycles. The number of sulfonamides is 1. The molecule has 0 aromatic heterocycles. The molecule has 1 aliphatic heterocycles. The highest BCUT2D eigenvalue weighted by molar-refractivity contribution is 7.92. The van der Waals surface area contributed by atoms with Crippen LogP contribution in [0, 0.1) is 0 Å². The van der Waals surface area contributed by atoms with Gasteiger partial charge in [0.05, 0.1) is 10.6 Å². The largest absolute Gasteiger partial charge is 0.311 e. The normalized spacial score (nSPS) is 15.8. The van der Waals surface area contributed by atoms with Crippen molar-refractivity contribution >= 4 is 27.3 Å². The number of amides is 1. The molecule has 3 aromatic carbocycles. The molecule has 0 saturated carbocycles. The van der Waals surface area contributed by atoms with Gasteiger partial charge in [-0.25, -0.2) is 8.42 Å². The van der Waals surface area contributed by atoms with E-state index in [2.05, 4.69) is 0 Å². The van der Waals surface area contributed by atoms with Crippen LogP contribution < -0.4 is 9.21 Å². The van der Waals surface area contributed by atoms with Gasteiger partial charge in [-0.3, -0.25) is 9.10 Å². The monoisotopic (exact) mass is 406 g/mol. The summed E-state index contributed by atoms with van der Waals surface area (Å²) < 4.78 is 27.8. The predicted molar refractivity (Wildman–Crippen MR) is 115 cm³/mol. The van der Waals surface area contributed by atoms with E-state index in [0.29, 0.717) is 17.7 Å². The molecule has 0 spiro atoms. The lowest BCUT2D eigenvalue weighted by atomic mass is 10.1. The van der Waals surface area contributed by atoms with Gasteiger partial charge in [0.25, 0.3) is 15.9 Å². The Morgan fingerprint density at radius 3 is 2.24 bits per heavy atom. The fraction of sp³-hybridized carbons (Fsp3) is 0.174. The van der Waals surface area contributed by atoms with Gasteiger partial charge in [-0.1, -0.05) is 36.4 Å². The van der Waals surface area contributed by atoms with Crippen LogP contribution in [0.4, 0.5) is 11.4 Å². The van der Waals surface area contributed by atoms with Crippen molar-refractivity contribution < 1.29 is 13.2 Å². The van der Waals surface area contributed by atoms with E-state index in [4.69, 9.17) is 0 Å². The van der Waals surface area contributed by atoms with E-state index < -0.39 is 10.0 Å². The molecule has 4 rings (SSSR count). The van der Waals surface area contributed by atoms with Crippen molar-refractivity contribution in [2.75, 3.05) is 16.3 Å². The first-order valence-corrected chi connectivity index (χ1v) is 10.9. The van der Waals surface area contributed by atoms with Gasteiger partial charge in [0, 0.05) is 24.3 Å². The Labute approximate surface area is 171 Å². The minimum Gasteiger partial charge on any atom is -0.311 e. The summed E-state index contributed by atoms with van der Waals surface area (Å²) in [6.45, 7) is 1.89. The van der Waals surface area contributed by atoms with Crippen molar-refractivity contribution in [3.8, 4) is 0 Å². The molecule has 3 aromatic rings. The van der Waals surface area contributed by atoms with E-state index in [1.54, 1.807) is 54.4 Å². The number of carbonyl (C=O) groups is 1. The first-order chi connectivity index (χ1) is 13.9. The minimum atomic E-state index is -3.66. The summed E-state index contributed by atoms with van der Waals surface area (Å²) in [4.78, 5) is 14.8. The highest BCUT2D eigenvalue weighted by Crippen LogP contribution is 2.37. The molecular weight excluding hydrogens is 384 g/mol. The quantitative estimate of drug-likeness (QED) is 0.655. The molecule has 1 amide bonds. The maximum atomic E-state index is 13.2. The third kappa shape index (κ3) is 3.40. The van der Waals surface area contributed by atoms with Crippen LogP contribution in [0.5, 0.6) is 0 Å². The molecule has 0 radical (unpaired) electrons. The van der Waals surface area contributed by atoms with Gasteiger partial charge >= 0.3 is 0 Å². The second-order valence-electron chi connectivity index (χ2n) is 7.21. The standard InChI is InChI=1S/C23H22N2O3S/c1-17-15-19-16-18(23(26)24(2)20-9-5-3-6-10-20)13-14-22(19)25(17)29(27,28)21-11-7-4-8-12-21/h3-14,16-17H,15H2,1-2H3/t17-/m0/s1. The third-order valence-corrected chi connectivity index (χ3v) is 7.17. The lowest BCUT2D eigenvalue weighted by molar-refractivity contribution is 0.0993. The van der Waals surface area contributed by atoms with Gasteiger partial charge in [0.2, 0.25) is 0 Å². The number of carbonyl (C=O) groups excluding carboxylic acids is 1. The number of anilines is 2. The number of hydrogen-bond donors (Lipinski definition) is 0. The zero-order valence-electron chi connectivity index (χ0n) is 16.3. The smallest absolute Gasteiger partial charge is 0.264 e. The van der Waals surface area contributed by atoms with E-state index in [1.807, 2.05) is 43.3 Å². The number of fused-ring (bicyclic) bond motifs is 1. The van der Waals surface area contributed by atoms with Crippen LogP contribution in [0.2, 0.25) is 0 Å². The van der Waals surface area contributed by atoms with Gasteiger partial charge in [-0.05, 0) is 61.4 Å². The molecule has 148 valence electrons. The Bertz CT molecular complexity index is 1150. The second-order valence-corrected chi connectivity index (χ2v) is 9.03. The molecule has 0 unspecified atom stereocenters. The van der Waals surface area contributed by atoms with E-state index >= 15 is 0 Å². The molecule has 0 N–H and O–H groups in total. The SMILES string of the molecule is C[C@H]1Cc2cc(C(=O)N(C)c3ccccc3)ccc2N1S(=O)(=O)c1ccccc1. The van der Waals surface area contributed by atoms with Crippen molar-refractivity contribution in [3.63, 3.8) is 0 Å². The summed E-state index contributed by atoms with van der Waals surface area (Å²) in [7, 11) is -1.92. The maximum Gasteiger partial charge on any atom is 0.264 e. The van der Waals surface area contributed by atoms with E-state index in [1.165, 1.54) is 4.31 Å². The van der Waals surface area contributed by atoms with Crippen molar-refractivity contribution in [2.24, 2.45) is 0 Å². The Morgan fingerprint density at radius 2 is 1.59 bits per heavy atom. The first-order valence-electron chi connectivity index (χ1n) is 9.45. The number of nitrogens with zero attached hydrogens (tertiary/aromatic N) is 2. The second kappa shape index (κ2) is 7.37. The number of rotatable bonds is 4. The van der Waals surface area contributed by atoms with Crippen molar-refractivity contribution in [3.05, 3.63) is 90.0 Å². The molecular formula is C23H22N2O3S. The van der Waals surface area contributed by atoms with Gasteiger partial charge in [0.1, 0.15) is 0 Å². The molecule has 1 atom stereocenters. The number of hydrogen-bond acceptors (Lipinski definition) is 3. The summed E-state index contributed by atoms with van der Waals surface area (Å²) in [6, 6.07) is 22.9. The topological polar surface area (TPSA) is 57.7 Å². The third-order valence-electron chi connectivity index (χ3n) is 5.23. The molecule has 29 heavy (non-hydrogen) atoms. The van der Waals surface area contributed by atoms with Gasteiger partial charge in [-0.15, -0.1) is 0 Å². The van der Waals surface area contributed by atoms with Gasteiger partial charge in [0.15, 0.2) is 0 Å². The molecule has 0 aliphatic carbocycles. The fourth-order valence-corrected chi connectivity index (χ4v) is 5.48. The highest BCUT2D eigenvalue weighted by Gasteiger charge is 2.36. The van der Waals surface area contributed by atoms with E-state index in [9.17, 15) is 13.2 Å². The van der Waals surface area contributed by atoms with Crippen LogP contribution in [0.3, 0.4) is 0 Å². The predicted octanol–water partition coefficient (Wildman–Crippen LogP) is 4.10. The minimum absolute atomic E-state index is 0.129. The zero-order valence-corrected chi connectivity index (χ0v) is 17.1. The summed E-state index contributed by atoms with van der Waals surface area (Å²) >= 11 is 0. The summed E-state index contributed by atoms with van der Waals surface area (Å²) in [6.07, 6.45) is 0.567. The summed E-state index contributed by atoms with van der Waals surface area (Å²) in [5, 5.41) is 0. The van der Waals surface area contributed by atoms with Gasteiger partial charge < -0.3 is 4.90 Å². The van der Waals surface area contributed by atoms with Crippen LogP contribution in [-0.4, -0.2) is 27.4 Å². The van der Waals surface area contributed by atoms with Crippen LogP contribution >= 0.6 is 0 Å². The summed E-state index contributed by atoms with van der Waals surface area (Å²) in [5.74, 6) is -0.129. The molecule has 0 bridgehead atoms. The van der Waals surface area contributed by atoms with Crippen molar-refractivity contribution in [1.29, 1.82) is 0 Å². The van der Waals surface area contributed by atoms with E-state index in [0.717, 1.165) is 11.3 Å².